The second-order valence-corrected chi connectivity index (χ2v) is 5.65. The van der Waals surface area contributed by atoms with E-state index in [0.29, 0.717) is 0 Å². The minimum Gasteiger partial charge on any atom is -0.383 e. The van der Waals surface area contributed by atoms with Crippen molar-refractivity contribution in [3.8, 4) is 0 Å². The SMILES string of the molecule is CSc1ccccc1NCCNC(C)(C)C. The normalized spacial score (nSPS) is 11.5. The largest absolute Gasteiger partial charge is 0.383 e. The Morgan fingerprint density at radius 1 is 1.12 bits per heavy atom. The molecule has 90 valence electrons. The van der Waals surface area contributed by atoms with Gasteiger partial charge in [0.25, 0.3) is 0 Å². The van der Waals surface area contributed by atoms with Gasteiger partial charge in [-0.3, -0.25) is 0 Å². The average molecular weight is 238 g/mol. The van der Waals surface area contributed by atoms with Crippen molar-refractivity contribution in [2.75, 3.05) is 24.7 Å². The van der Waals surface area contributed by atoms with Gasteiger partial charge in [0.2, 0.25) is 0 Å². The Balaban J connectivity index is 2.37. The molecule has 0 fully saturated rings. The molecular formula is C13H22N2S. The quantitative estimate of drug-likeness (QED) is 0.608. The van der Waals surface area contributed by atoms with Gasteiger partial charge >= 0.3 is 0 Å². The highest BCUT2D eigenvalue weighted by Crippen LogP contribution is 2.24. The van der Waals surface area contributed by atoms with Crippen LogP contribution in [0.5, 0.6) is 0 Å². The van der Waals surface area contributed by atoms with E-state index in [-0.39, 0.29) is 5.54 Å². The van der Waals surface area contributed by atoms with Gasteiger partial charge in [0.15, 0.2) is 0 Å². The lowest BCUT2D eigenvalue weighted by Gasteiger charge is -2.21. The van der Waals surface area contributed by atoms with E-state index < -0.39 is 0 Å². The van der Waals surface area contributed by atoms with E-state index in [1.807, 2.05) is 0 Å². The van der Waals surface area contributed by atoms with Crippen LogP contribution in [0.3, 0.4) is 0 Å². The molecule has 0 aliphatic rings. The minimum absolute atomic E-state index is 0.195. The zero-order valence-electron chi connectivity index (χ0n) is 10.6. The Morgan fingerprint density at radius 3 is 2.44 bits per heavy atom. The Hall–Kier alpha value is -0.670. The third kappa shape index (κ3) is 4.90. The summed E-state index contributed by atoms with van der Waals surface area (Å²) < 4.78 is 0. The first-order valence-corrected chi connectivity index (χ1v) is 6.87. The number of para-hydroxylation sites is 1. The summed E-state index contributed by atoms with van der Waals surface area (Å²) in [5, 5.41) is 6.91. The lowest BCUT2D eigenvalue weighted by molar-refractivity contribution is 0.435. The molecule has 0 amide bonds. The molecule has 0 bridgehead atoms. The van der Waals surface area contributed by atoms with Crippen molar-refractivity contribution in [2.45, 2.75) is 31.2 Å². The van der Waals surface area contributed by atoms with Crippen molar-refractivity contribution in [3.05, 3.63) is 24.3 Å². The van der Waals surface area contributed by atoms with E-state index in [1.54, 1.807) is 11.8 Å². The molecule has 16 heavy (non-hydrogen) atoms. The molecule has 1 rings (SSSR count). The molecule has 0 saturated heterocycles. The molecule has 0 radical (unpaired) electrons. The smallest absolute Gasteiger partial charge is 0.0478 e. The Labute approximate surface area is 103 Å². The van der Waals surface area contributed by atoms with Crippen molar-refractivity contribution >= 4 is 17.4 Å². The van der Waals surface area contributed by atoms with Crippen LogP contribution in [0, 0.1) is 0 Å². The van der Waals surface area contributed by atoms with Crippen LogP contribution < -0.4 is 10.6 Å². The summed E-state index contributed by atoms with van der Waals surface area (Å²) in [5.74, 6) is 0. The summed E-state index contributed by atoms with van der Waals surface area (Å²) in [6.07, 6.45) is 2.11. The minimum atomic E-state index is 0.195. The second kappa shape index (κ2) is 6.16. The number of thioether (sulfide) groups is 1. The van der Waals surface area contributed by atoms with Crippen LogP contribution in [0.2, 0.25) is 0 Å². The van der Waals surface area contributed by atoms with E-state index in [1.165, 1.54) is 10.6 Å². The molecule has 0 atom stereocenters. The first kappa shape index (κ1) is 13.4. The molecule has 1 aromatic rings. The molecule has 0 spiro atoms. The predicted molar refractivity (Wildman–Crippen MR) is 74.5 cm³/mol. The monoisotopic (exact) mass is 238 g/mol. The van der Waals surface area contributed by atoms with Gasteiger partial charge in [-0.1, -0.05) is 12.1 Å². The summed E-state index contributed by atoms with van der Waals surface area (Å²) in [4.78, 5) is 1.30. The van der Waals surface area contributed by atoms with Crippen LogP contribution in [-0.2, 0) is 0 Å². The first-order chi connectivity index (χ1) is 7.53. The number of anilines is 1. The van der Waals surface area contributed by atoms with Gasteiger partial charge in [-0.2, -0.15) is 0 Å². The van der Waals surface area contributed by atoms with Crippen LogP contribution >= 0.6 is 11.8 Å². The van der Waals surface area contributed by atoms with Gasteiger partial charge in [0.05, 0.1) is 0 Å². The van der Waals surface area contributed by atoms with Crippen molar-refractivity contribution < 1.29 is 0 Å². The van der Waals surface area contributed by atoms with Crippen LogP contribution in [0.25, 0.3) is 0 Å². The molecule has 0 aliphatic heterocycles. The number of nitrogens with one attached hydrogen (secondary N) is 2. The standard InChI is InChI=1S/C13H22N2S/c1-13(2,3)15-10-9-14-11-7-5-6-8-12(11)16-4/h5-8,14-15H,9-10H2,1-4H3. The highest BCUT2D eigenvalue weighted by molar-refractivity contribution is 7.98. The highest BCUT2D eigenvalue weighted by Gasteiger charge is 2.07. The van der Waals surface area contributed by atoms with Crippen molar-refractivity contribution in [1.29, 1.82) is 0 Å². The van der Waals surface area contributed by atoms with Crippen molar-refractivity contribution in [2.24, 2.45) is 0 Å². The van der Waals surface area contributed by atoms with E-state index in [2.05, 4.69) is 61.9 Å². The average Bonchev–Trinajstić information content (AvgIpc) is 2.23. The van der Waals surface area contributed by atoms with Crippen LogP contribution in [-0.4, -0.2) is 24.9 Å². The van der Waals surface area contributed by atoms with Gasteiger partial charge in [-0.25, -0.2) is 0 Å². The maximum Gasteiger partial charge on any atom is 0.0478 e. The van der Waals surface area contributed by atoms with Crippen LogP contribution in [0.1, 0.15) is 20.8 Å². The van der Waals surface area contributed by atoms with Crippen LogP contribution in [0.4, 0.5) is 5.69 Å². The summed E-state index contributed by atoms with van der Waals surface area (Å²) in [6, 6.07) is 8.41. The molecule has 2 nitrogen and oxygen atoms in total. The molecule has 1 aromatic carbocycles. The van der Waals surface area contributed by atoms with Gasteiger partial charge in [0.1, 0.15) is 0 Å². The van der Waals surface area contributed by atoms with E-state index in [0.717, 1.165) is 13.1 Å². The molecule has 2 N–H and O–H groups in total. The zero-order valence-corrected chi connectivity index (χ0v) is 11.4. The lowest BCUT2D eigenvalue weighted by atomic mass is 10.1. The zero-order chi connectivity index (χ0) is 12.0. The van der Waals surface area contributed by atoms with Gasteiger partial charge in [-0.05, 0) is 39.2 Å². The van der Waals surface area contributed by atoms with Crippen LogP contribution in [0.15, 0.2) is 29.2 Å². The van der Waals surface area contributed by atoms with E-state index >= 15 is 0 Å². The third-order valence-electron chi connectivity index (χ3n) is 2.20. The summed E-state index contributed by atoms with van der Waals surface area (Å²) in [7, 11) is 0. The molecule has 0 unspecified atom stereocenters. The van der Waals surface area contributed by atoms with Gasteiger partial charge in [0, 0.05) is 29.2 Å². The van der Waals surface area contributed by atoms with E-state index in [9.17, 15) is 0 Å². The molecule has 0 aromatic heterocycles. The first-order valence-electron chi connectivity index (χ1n) is 5.65. The predicted octanol–water partition coefficient (Wildman–Crippen LogP) is 3.21. The topological polar surface area (TPSA) is 24.1 Å². The second-order valence-electron chi connectivity index (χ2n) is 4.80. The summed E-state index contributed by atoms with van der Waals surface area (Å²) in [6.45, 7) is 8.48. The van der Waals surface area contributed by atoms with Gasteiger partial charge < -0.3 is 10.6 Å². The summed E-state index contributed by atoms with van der Waals surface area (Å²) in [5.41, 5.74) is 1.42. The molecule has 0 heterocycles. The number of hydrogen-bond acceptors (Lipinski definition) is 3. The molecule has 0 aliphatic carbocycles. The maximum absolute atomic E-state index is 3.46. The fourth-order valence-electron chi connectivity index (χ4n) is 1.43. The Kier molecular flexibility index (Phi) is 5.16. The van der Waals surface area contributed by atoms with Gasteiger partial charge in [-0.15, -0.1) is 11.8 Å². The molecule has 0 saturated carbocycles. The van der Waals surface area contributed by atoms with Crippen molar-refractivity contribution in [1.82, 2.24) is 5.32 Å². The molecule has 3 heteroatoms. The third-order valence-corrected chi connectivity index (χ3v) is 3.00. The Bertz CT molecular complexity index is 318. The number of rotatable bonds is 5. The summed E-state index contributed by atoms with van der Waals surface area (Å²) >= 11 is 1.78. The fourth-order valence-corrected chi connectivity index (χ4v) is 2.00. The number of hydrogen-bond donors (Lipinski definition) is 2. The Morgan fingerprint density at radius 2 is 1.81 bits per heavy atom. The number of benzene rings is 1. The highest BCUT2D eigenvalue weighted by atomic mass is 32.2. The lowest BCUT2D eigenvalue weighted by Crippen LogP contribution is -2.38. The fraction of sp³-hybridized carbons (Fsp3) is 0.538. The van der Waals surface area contributed by atoms with Crippen molar-refractivity contribution in [3.63, 3.8) is 0 Å². The van der Waals surface area contributed by atoms with E-state index in [4.69, 9.17) is 0 Å². The molecular weight excluding hydrogens is 216 g/mol. The maximum atomic E-state index is 3.46.